The molecule has 8 nitrogen and oxygen atoms in total. The van der Waals surface area contributed by atoms with E-state index in [0.29, 0.717) is 17.6 Å². The van der Waals surface area contributed by atoms with Gasteiger partial charge < -0.3 is 15.4 Å². The van der Waals surface area contributed by atoms with Crippen molar-refractivity contribution in [2.24, 2.45) is 0 Å². The first-order chi connectivity index (χ1) is 12.0. The van der Waals surface area contributed by atoms with Gasteiger partial charge in [0, 0.05) is 17.6 Å². The molecule has 132 valence electrons. The van der Waals surface area contributed by atoms with Crippen LogP contribution in [0.4, 0.5) is 27.4 Å². The highest BCUT2D eigenvalue weighted by molar-refractivity contribution is 9.10. The molecular weight excluding hydrogens is 397 g/mol. The molecule has 1 fully saturated rings. The fourth-order valence-electron chi connectivity index (χ4n) is 2.51. The monoisotopic (exact) mass is 411 g/mol. The number of hydrogen-bond donors (Lipinski definition) is 2. The topological polar surface area (TPSA) is 102 Å². The zero-order valence-electron chi connectivity index (χ0n) is 13.0. The number of hydrogen-bond acceptors (Lipinski definition) is 7. The van der Waals surface area contributed by atoms with Gasteiger partial charge in [0.1, 0.15) is 12.1 Å². The van der Waals surface area contributed by atoms with Gasteiger partial charge in [-0.25, -0.2) is 14.4 Å². The van der Waals surface area contributed by atoms with E-state index < -0.39 is 10.7 Å². The van der Waals surface area contributed by atoms with Crippen LogP contribution in [0.15, 0.2) is 29.0 Å². The third-order valence-corrected chi connectivity index (χ3v) is 4.20. The van der Waals surface area contributed by atoms with Crippen molar-refractivity contribution < 1.29 is 14.1 Å². The molecule has 1 saturated heterocycles. The van der Waals surface area contributed by atoms with Crippen LogP contribution in [0.3, 0.4) is 0 Å². The van der Waals surface area contributed by atoms with Gasteiger partial charge in [0.25, 0.3) is 0 Å². The second-order valence-corrected chi connectivity index (χ2v) is 6.36. The summed E-state index contributed by atoms with van der Waals surface area (Å²) in [4.78, 5) is 18.7. The Morgan fingerprint density at radius 3 is 2.88 bits per heavy atom. The lowest BCUT2D eigenvalue weighted by molar-refractivity contribution is -0.383. The maximum Gasteiger partial charge on any atom is 0.353 e. The van der Waals surface area contributed by atoms with Crippen molar-refractivity contribution in [3.05, 3.63) is 44.9 Å². The average molecular weight is 412 g/mol. The molecule has 1 atom stereocenters. The highest BCUT2D eigenvalue weighted by Crippen LogP contribution is 2.32. The lowest BCUT2D eigenvalue weighted by atomic mass is 10.2. The van der Waals surface area contributed by atoms with Gasteiger partial charge in [-0.15, -0.1) is 0 Å². The van der Waals surface area contributed by atoms with E-state index in [1.165, 1.54) is 18.5 Å². The average Bonchev–Trinajstić information content (AvgIpc) is 3.09. The maximum absolute atomic E-state index is 14.0. The first-order valence-electron chi connectivity index (χ1n) is 7.61. The second-order valence-electron chi connectivity index (χ2n) is 5.44. The third-order valence-electron chi connectivity index (χ3n) is 3.71. The highest BCUT2D eigenvalue weighted by Gasteiger charge is 2.25. The SMILES string of the molecule is O=[N+]([O-])c1c(NCC2CCCO2)ncnc1Nc1ccc(Br)cc1F. The predicted octanol–water partition coefficient (Wildman–Crippen LogP) is 3.62. The number of nitro groups is 1. The molecule has 0 bridgehead atoms. The molecule has 0 spiro atoms. The summed E-state index contributed by atoms with van der Waals surface area (Å²) >= 11 is 3.16. The second kappa shape index (κ2) is 7.70. The van der Waals surface area contributed by atoms with Crippen LogP contribution in [0.5, 0.6) is 0 Å². The molecule has 2 aromatic rings. The van der Waals surface area contributed by atoms with E-state index in [-0.39, 0.29) is 29.1 Å². The van der Waals surface area contributed by atoms with Crippen molar-refractivity contribution in [1.82, 2.24) is 9.97 Å². The minimum atomic E-state index is -0.600. The van der Waals surface area contributed by atoms with Crippen LogP contribution in [0.1, 0.15) is 12.8 Å². The zero-order chi connectivity index (χ0) is 17.8. The summed E-state index contributed by atoms with van der Waals surface area (Å²) in [6.07, 6.45) is 3.04. The Balaban J connectivity index is 1.85. The number of benzene rings is 1. The van der Waals surface area contributed by atoms with Gasteiger partial charge in [-0.05, 0) is 31.0 Å². The minimum absolute atomic E-state index is 0.00473. The van der Waals surface area contributed by atoms with E-state index >= 15 is 0 Å². The molecule has 1 aliphatic heterocycles. The van der Waals surface area contributed by atoms with Gasteiger partial charge >= 0.3 is 5.69 Å². The molecule has 1 aromatic carbocycles. The van der Waals surface area contributed by atoms with Crippen LogP contribution >= 0.6 is 15.9 Å². The van der Waals surface area contributed by atoms with Gasteiger partial charge in [0.2, 0.25) is 11.6 Å². The molecule has 0 radical (unpaired) electrons. The quantitative estimate of drug-likeness (QED) is 0.552. The summed E-state index contributed by atoms with van der Waals surface area (Å²) < 4.78 is 20.0. The van der Waals surface area contributed by atoms with Gasteiger partial charge in [0.05, 0.1) is 16.7 Å². The van der Waals surface area contributed by atoms with Crippen LogP contribution in [0.2, 0.25) is 0 Å². The first kappa shape index (κ1) is 17.5. The molecule has 0 saturated carbocycles. The summed E-state index contributed by atoms with van der Waals surface area (Å²) in [5.74, 6) is -0.581. The molecule has 2 heterocycles. The fourth-order valence-corrected chi connectivity index (χ4v) is 2.84. The molecule has 25 heavy (non-hydrogen) atoms. The van der Waals surface area contributed by atoms with E-state index in [1.807, 2.05) is 0 Å². The third kappa shape index (κ3) is 4.20. The number of aromatic nitrogens is 2. The van der Waals surface area contributed by atoms with E-state index in [0.717, 1.165) is 12.8 Å². The summed E-state index contributed by atoms with van der Waals surface area (Å²) in [5.41, 5.74) is -0.266. The number of halogens is 2. The molecular formula is C15H15BrFN5O3. The molecule has 3 rings (SSSR count). The summed E-state index contributed by atoms with van der Waals surface area (Å²) in [5, 5.41) is 17.1. The fraction of sp³-hybridized carbons (Fsp3) is 0.333. The van der Waals surface area contributed by atoms with Crippen LogP contribution in [-0.4, -0.2) is 34.1 Å². The predicted molar refractivity (Wildman–Crippen MR) is 93.5 cm³/mol. The smallest absolute Gasteiger partial charge is 0.353 e. The van der Waals surface area contributed by atoms with E-state index in [9.17, 15) is 14.5 Å². The van der Waals surface area contributed by atoms with Gasteiger partial charge in [-0.3, -0.25) is 10.1 Å². The lowest BCUT2D eigenvalue weighted by Crippen LogP contribution is -2.20. The summed E-state index contributed by atoms with van der Waals surface area (Å²) in [6, 6.07) is 4.34. The number of ether oxygens (including phenoxy) is 1. The first-order valence-corrected chi connectivity index (χ1v) is 8.41. The van der Waals surface area contributed by atoms with Crippen molar-refractivity contribution in [1.29, 1.82) is 0 Å². The molecule has 0 amide bonds. The summed E-state index contributed by atoms with van der Waals surface area (Å²) in [6.45, 7) is 1.10. The molecule has 10 heteroatoms. The molecule has 1 unspecified atom stereocenters. The minimum Gasteiger partial charge on any atom is -0.376 e. The maximum atomic E-state index is 14.0. The Kier molecular flexibility index (Phi) is 5.39. The zero-order valence-corrected chi connectivity index (χ0v) is 14.6. The summed E-state index contributed by atoms with van der Waals surface area (Å²) in [7, 11) is 0. The standard InChI is InChI=1S/C15H15BrFN5O3/c16-9-3-4-12(11(17)6-9)21-15-13(22(23)24)14(19-8-20-15)18-7-10-2-1-5-25-10/h3-4,6,8,10H,1-2,5,7H2,(H2,18,19,20,21). The Hall–Kier alpha value is -2.33. The van der Waals surface area contributed by atoms with Gasteiger partial charge in [-0.2, -0.15) is 0 Å². The van der Waals surface area contributed by atoms with E-state index in [2.05, 4.69) is 36.5 Å². The van der Waals surface area contributed by atoms with Crippen molar-refractivity contribution in [3.8, 4) is 0 Å². The van der Waals surface area contributed by atoms with Gasteiger partial charge in [0.15, 0.2) is 0 Å². The van der Waals surface area contributed by atoms with Crippen molar-refractivity contribution >= 4 is 38.9 Å². The van der Waals surface area contributed by atoms with Crippen LogP contribution < -0.4 is 10.6 Å². The van der Waals surface area contributed by atoms with E-state index in [4.69, 9.17) is 4.74 Å². The Morgan fingerprint density at radius 2 is 2.20 bits per heavy atom. The Bertz CT molecular complexity index is 786. The van der Waals surface area contributed by atoms with Crippen LogP contribution in [0.25, 0.3) is 0 Å². The normalized spacial score (nSPS) is 16.6. The number of rotatable bonds is 6. The molecule has 0 aliphatic carbocycles. The van der Waals surface area contributed by atoms with Crippen molar-refractivity contribution in [3.63, 3.8) is 0 Å². The van der Waals surface area contributed by atoms with Gasteiger partial charge in [-0.1, -0.05) is 15.9 Å². The van der Waals surface area contributed by atoms with E-state index in [1.54, 1.807) is 6.07 Å². The lowest BCUT2D eigenvalue weighted by Gasteiger charge is -2.13. The van der Waals surface area contributed by atoms with Crippen LogP contribution in [0, 0.1) is 15.9 Å². The Morgan fingerprint density at radius 1 is 1.40 bits per heavy atom. The molecule has 1 aromatic heterocycles. The van der Waals surface area contributed by atoms with Crippen molar-refractivity contribution in [2.75, 3.05) is 23.8 Å². The Labute approximate surface area is 151 Å². The number of anilines is 3. The largest absolute Gasteiger partial charge is 0.376 e. The van der Waals surface area contributed by atoms with Crippen molar-refractivity contribution in [2.45, 2.75) is 18.9 Å². The van der Waals surface area contributed by atoms with Crippen LogP contribution in [-0.2, 0) is 4.74 Å². The number of nitrogens with one attached hydrogen (secondary N) is 2. The molecule has 1 aliphatic rings. The highest BCUT2D eigenvalue weighted by atomic mass is 79.9. The molecule has 2 N–H and O–H groups in total. The number of nitrogens with zero attached hydrogens (tertiary/aromatic N) is 3.